The lowest BCUT2D eigenvalue weighted by molar-refractivity contribution is -0.120. The van der Waals surface area contributed by atoms with Gasteiger partial charge in [0, 0.05) is 18.9 Å². The monoisotopic (exact) mass is 207 g/mol. The quantitative estimate of drug-likeness (QED) is 0.757. The van der Waals surface area contributed by atoms with Crippen LogP contribution >= 0.6 is 0 Å². The zero-order chi connectivity index (χ0) is 10.8. The van der Waals surface area contributed by atoms with E-state index in [9.17, 15) is 4.79 Å². The van der Waals surface area contributed by atoms with E-state index in [1.165, 1.54) is 0 Å². The fraction of sp³-hybridized carbons (Fsp3) is 0.727. The molecule has 82 valence electrons. The van der Waals surface area contributed by atoms with Gasteiger partial charge in [0.1, 0.15) is 17.4 Å². The maximum atomic E-state index is 11.4. The van der Waals surface area contributed by atoms with Crippen LogP contribution in [-0.2, 0) is 11.3 Å². The molecule has 1 aliphatic rings. The fourth-order valence-corrected chi connectivity index (χ4v) is 2.24. The molecule has 0 aromatic carbocycles. The van der Waals surface area contributed by atoms with Crippen molar-refractivity contribution in [1.29, 1.82) is 0 Å². The van der Waals surface area contributed by atoms with Crippen LogP contribution in [0.3, 0.4) is 0 Å². The molecule has 4 nitrogen and oxygen atoms in total. The lowest BCUT2D eigenvalue weighted by atomic mass is 10.0. The number of nitrogens with zero attached hydrogens (tertiary/aromatic N) is 3. The molecule has 0 aliphatic heterocycles. The standard InChI is InChI=1S/C11H17N3O/c1-8-12-9(2)14(13-8)7-6-10-4-3-5-11(10)15/h10H,3-7H2,1-2H3. The molecular weight excluding hydrogens is 190 g/mol. The van der Waals surface area contributed by atoms with Gasteiger partial charge in [-0.3, -0.25) is 9.48 Å². The first-order chi connectivity index (χ1) is 7.16. The predicted octanol–water partition coefficient (Wildman–Crippen LogP) is 1.65. The van der Waals surface area contributed by atoms with Crippen molar-refractivity contribution < 1.29 is 4.79 Å². The van der Waals surface area contributed by atoms with Crippen molar-refractivity contribution in [2.24, 2.45) is 5.92 Å². The van der Waals surface area contributed by atoms with Crippen LogP contribution in [0.15, 0.2) is 0 Å². The Bertz CT molecular complexity index is 370. The van der Waals surface area contributed by atoms with E-state index < -0.39 is 0 Å². The topological polar surface area (TPSA) is 47.8 Å². The molecule has 0 radical (unpaired) electrons. The first-order valence-corrected chi connectivity index (χ1v) is 5.57. The van der Waals surface area contributed by atoms with Crippen molar-refractivity contribution in [3.8, 4) is 0 Å². The summed E-state index contributed by atoms with van der Waals surface area (Å²) in [4.78, 5) is 15.7. The lowest BCUT2D eigenvalue weighted by Gasteiger charge is -2.07. The Morgan fingerprint density at radius 2 is 2.27 bits per heavy atom. The molecular formula is C11H17N3O. The van der Waals surface area contributed by atoms with E-state index in [0.717, 1.165) is 43.9 Å². The van der Waals surface area contributed by atoms with Gasteiger partial charge in [0.25, 0.3) is 0 Å². The maximum absolute atomic E-state index is 11.4. The number of carbonyl (C=O) groups excluding carboxylic acids is 1. The summed E-state index contributed by atoms with van der Waals surface area (Å²) in [6.07, 6.45) is 3.83. The molecule has 1 fully saturated rings. The van der Waals surface area contributed by atoms with Crippen LogP contribution in [0.1, 0.15) is 37.3 Å². The van der Waals surface area contributed by atoms with Gasteiger partial charge in [-0.2, -0.15) is 5.10 Å². The van der Waals surface area contributed by atoms with Crippen molar-refractivity contribution in [1.82, 2.24) is 14.8 Å². The van der Waals surface area contributed by atoms with E-state index in [4.69, 9.17) is 0 Å². The normalized spacial score (nSPS) is 21.2. The average Bonchev–Trinajstić information content (AvgIpc) is 2.70. The van der Waals surface area contributed by atoms with Gasteiger partial charge in [-0.05, 0) is 33.1 Å². The van der Waals surface area contributed by atoms with E-state index >= 15 is 0 Å². The smallest absolute Gasteiger partial charge is 0.147 e. The largest absolute Gasteiger partial charge is 0.299 e. The predicted molar refractivity (Wildman–Crippen MR) is 56.5 cm³/mol. The van der Waals surface area contributed by atoms with Crippen molar-refractivity contribution in [3.63, 3.8) is 0 Å². The fourth-order valence-electron chi connectivity index (χ4n) is 2.24. The Labute approximate surface area is 89.7 Å². The van der Waals surface area contributed by atoms with Crippen LogP contribution < -0.4 is 0 Å². The van der Waals surface area contributed by atoms with Gasteiger partial charge in [0.2, 0.25) is 0 Å². The highest BCUT2D eigenvalue weighted by atomic mass is 16.1. The van der Waals surface area contributed by atoms with Gasteiger partial charge in [-0.15, -0.1) is 0 Å². The Morgan fingerprint density at radius 1 is 1.47 bits per heavy atom. The third-order valence-corrected chi connectivity index (χ3v) is 3.08. The zero-order valence-corrected chi connectivity index (χ0v) is 9.36. The minimum Gasteiger partial charge on any atom is -0.299 e. The molecule has 1 saturated carbocycles. The molecule has 0 saturated heterocycles. The van der Waals surface area contributed by atoms with Gasteiger partial charge in [0.05, 0.1) is 0 Å². The molecule has 1 heterocycles. The molecule has 1 unspecified atom stereocenters. The second-order valence-corrected chi connectivity index (χ2v) is 4.27. The highest BCUT2D eigenvalue weighted by molar-refractivity contribution is 5.82. The van der Waals surface area contributed by atoms with Crippen molar-refractivity contribution in [3.05, 3.63) is 11.6 Å². The molecule has 15 heavy (non-hydrogen) atoms. The molecule has 1 atom stereocenters. The van der Waals surface area contributed by atoms with E-state index in [-0.39, 0.29) is 5.92 Å². The molecule has 2 rings (SSSR count). The second-order valence-electron chi connectivity index (χ2n) is 4.27. The number of hydrogen-bond acceptors (Lipinski definition) is 3. The molecule has 1 aliphatic carbocycles. The molecule has 1 aromatic heterocycles. The number of rotatable bonds is 3. The molecule has 0 spiro atoms. The number of aryl methyl sites for hydroxylation is 3. The van der Waals surface area contributed by atoms with Crippen molar-refractivity contribution in [2.45, 2.75) is 46.1 Å². The number of hydrogen-bond donors (Lipinski definition) is 0. The average molecular weight is 207 g/mol. The summed E-state index contributed by atoms with van der Waals surface area (Å²) < 4.78 is 1.90. The minimum absolute atomic E-state index is 0.272. The van der Waals surface area contributed by atoms with Crippen LogP contribution in [0.5, 0.6) is 0 Å². The Morgan fingerprint density at radius 3 is 2.80 bits per heavy atom. The van der Waals surface area contributed by atoms with Gasteiger partial charge < -0.3 is 0 Å². The van der Waals surface area contributed by atoms with E-state index in [1.807, 2.05) is 18.5 Å². The maximum Gasteiger partial charge on any atom is 0.147 e. The van der Waals surface area contributed by atoms with Gasteiger partial charge in [0.15, 0.2) is 0 Å². The zero-order valence-electron chi connectivity index (χ0n) is 9.36. The van der Waals surface area contributed by atoms with Crippen molar-refractivity contribution in [2.75, 3.05) is 0 Å². The van der Waals surface area contributed by atoms with Gasteiger partial charge >= 0.3 is 0 Å². The van der Waals surface area contributed by atoms with E-state index in [0.29, 0.717) is 5.78 Å². The Balaban J connectivity index is 1.92. The van der Waals surface area contributed by atoms with E-state index in [2.05, 4.69) is 10.1 Å². The van der Waals surface area contributed by atoms with Crippen LogP contribution in [0.25, 0.3) is 0 Å². The third kappa shape index (κ3) is 2.25. The Kier molecular flexibility index (Phi) is 2.84. The molecule has 1 aromatic rings. The van der Waals surface area contributed by atoms with Crippen LogP contribution in [0.4, 0.5) is 0 Å². The highest BCUT2D eigenvalue weighted by Crippen LogP contribution is 2.24. The lowest BCUT2D eigenvalue weighted by Crippen LogP contribution is -2.12. The van der Waals surface area contributed by atoms with Crippen molar-refractivity contribution >= 4 is 5.78 Å². The van der Waals surface area contributed by atoms with Gasteiger partial charge in [-0.1, -0.05) is 0 Å². The number of carbonyl (C=O) groups is 1. The number of ketones is 1. The summed E-state index contributed by atoms with van der Waals surface area (Å²) in [5.74, 6) is 2.46. The summed E-state index contributed by atoms with van der Waals surface area (Å²) in [7, 11) is 0. The SMILES string of the molecule is Cc1nc(C)n(CCC2CCCC2=O)n1. The third-order valence-electron chi connectivity index (χ3n) is 3.08. The van der Waals surface area contributed by atoms with E-state index in [1.54, 1.807) is 0 Å². The molecule has 0 N–H and O–H groups in total. The second kappa shape index (κ2) is 4.13. The first-order valence-electron chi connectivity index (χ1n) is 5.57. The van der Waals surface area contributed by atoms with Gasteiger partial charge in [-0.25, -0.2) is 4.98 Å². The number of Topliss-reactive ketones (excluding diaryl/α,β-unsaturated/α-hetero) is 1. The van der Waals surface area contributed by atoms with Crippen LogP contribution in [-0.4, -0.2) is 20.5 Å². The summed E-state index contributed by atoms with van der Waals surface area (Å²) >= 11 is 0. The minimum atomic E-state index is 0.272. The highest BCUT2D eigenvalue weighted by Gasteiger charge is 2.24. The number of aromatic nitrogens is 3. The summed E-state index contributed by atoms with van der Waals surface area (Å²) in [6.45, 7) is 4.67. The molecule has 0 bridgehead atoms. The Hall–Kier alpha value is -1.19. The first kappa shape index (κ1) is 10.3. The van der Waals surface area contributed by atoms with Crippen LogP contribution in [0, 0.1) is 19.8 Å². The molecule has 0 amide bonds. The molecule has 4 heteroatoms. The summed E-state index contributed by atoms with van der Waals surface area (Å²) in [5, 5.41) is 4.29. The van der Waals surface area contributed by atoms with Crippen LogP contribution in [0.2, 0.25) is 0 Å². The summed E-state index contributed by atoms with van der Waals surface area (Å²) in [6, 6.07) is 0. The summed E-state index contributed by atoms with van der Waals surface area (Å²) in [5.41, 5.74) is 0.